The number of carbonyl (C=O) groups is 2. The smallest absolute Gasteiger partial charge is 0.308 e. The maximum atomic E-state index is 12.4. The standard InChI is InChI=1S/C17H19BrN2O3/c18-14-4-3-12-5-8-19(15(12)10-14)9-6-16(21)20-7-1-2-13(11-20)17(22)23/h3-5,8,10,13H,1-2,6-7,9,11H2,(H,22,23). The lowest BCUT2D eigenvalue weighted by atomic mass is 9.98. The van der Waals surface area contributed by atoms with E-state index in [9.17, 15) is 9.59 Å². The van der Waals surface area contributed by atoms with Crippen LogP contribution < -0.4 is 0 Å². The van der Waals surface area contributed by atoms with Crippen molar-refractivity contribution in [2.75, 3.05) is 13.1 Å². The first-order valence-electron chi connectivity index (χ1n) is 7.79. The number of aromatic nitrogens is 1. The summed E-state index contributed by atoms with van der Waals surface area (Å²) < 4.78 is 3.08. The van der Waals surface area contributed by atoms with Gasteiger partial charge in [-0.2, -0.15) is 0 Å². The van der Waals surface area contributed by atoms with Crippen LogP contribution in [0.25, 0.3) is 10.9 Å². The first kappa shape index (κ1) is 16.1. The summed E-state index contributed by atoms with van der Waals surface area (Å²) >= 11 is 3.47. The molecule has 2 aromatic rings. The Bertz CT molecular complexity index is 741. The number of amides is 1. The van der Waals surface area contributed by atoms with E-state index in [0.29, 0.717) is 32.5 Å². The van der Waals surface area contributed by atoms with Gasteiger partial charge in [-0.25, -0.2) is 0 Å². The molecule has 2 heterocycles. The second kappa shape index (κ2) is 6.74. The van der Waals surface area contributed by atoms with Crippen molar-refractivity contribution in [2.24, 2.45) is 5.92 Å². The van der Waals surface area contributed by atoms with Gasteiger partial charge < -0.3 is 14.6 Å². The minimum Gasteiger partial charge on any atom is -0.481 e. The molecule has 1 N–H and O–H groups in total. The Hall–Kier alpha value is -1.82. The largest absolute Gasteiger partial charge is 0.481 e. The molecule has 6 heteroatoms. The van der Waals surface area contributed by atoms with E-state index in [1.165, 1.54) is 0 Å². The van der Waals surface area contributed by atoms with E-state index >= 15 is 0 Å². The summed E-state index contributed by atoms with van der Waals surface area (Å²) in [4.78, 5) is 25.2. The number of aryl methyl sites for hydroxylation is 1. The summed E-state index contributed by atoms with van der Waals surface area (Å²) in [7, 11) is 0. The monoisotopic (exact) mass is 378 g/mol. The van der Waals surface area contributed by atoms with E-state index in [0.717, 1.165) is 21.8 Å². The number of piperidine rings is 1. The van der Waals surface area contributed by atoms with Gasteiger partial charge in [0.05, 0.1) is 5.92 Å². The van der Waals surface area contributed by atoms with Crippen LogP contribution in [0.5, 0.6) is 0 Å². The number of fused-ring (bicyclic) bond motifs is 1. The van der Waals surface area contributed by atoms with Crippen molar-refractivity contribution < 1.29 is 14.7 Å². The van der Waals surface area contributed by atoms with Crippen molar-refractivity contribution in [1.82, 2.24) is 9.47 Å². The zero-order valence-electron chi connectivity index (χ0n) is 12.7. The van der Waals surface area contributed by atoms with Crippen LogP contribution in [0.2, 0.25) is 0 Å². The number of carbonyl (C=O) groups excluding carboxylic acids is 1. The summed E-state index contributed by atoms with van der Waals surface area (Å²) in [6.07, 6.45) is 3.81. The molecule has 1 aliphatic rings. The Labute approximate surface area is 143 Å². The molecule has 1 amide bonds. The Morgan fingerprint density at radius 2 is 2.13 bits per heavy atom. The van der Waals surface area contributed by atoms with Crippen molar-refractivity contribution in [1.29, 1.82) is 0 Å². The Morgan fingerprint density at radius 3 is 2.91 bits per heavy atom. The van der Waals surface area contributed by atoms with Crippen molar-refractivity contribution in [3.05, 3.63) is 34.9 Å². The average molecular weight is 379 g/mol. The third kappa shape index (κ3) is 3.58. The quantitative estimate of drug-likeness (QED) is 0.888. The average Bonchev–Trinajstić information content (AvgIpc) is 2.95. The Morgan fingerprint density at radius 1 is 1.30 bits per heavy atom. The molecule has 0 bridgehead atoms. The van der Waals surface area contributed by atoms with Crippen LogP contribution in [0.3, 0.4) is 0 Å². The van der Waals surface area contributed by atoms with Crippen molar-refractivity contribution >= 4 is 38.7 Å². The van der Waals surface area contributed by atoms with Gasteiger partial charge in [-0.05, 0) is 36.4 Å². The van der Waals surface area contributed by atoms with Crippen LogP contribution in [0.1, 0.15) is 19.3 Å². The lowest BCUT2D eigenvalue weighted by Crippen LogP contribution is -2.42. The van der Waals surface area contributed by atoms with E-state index in [4.69, 9.17) is 5.11 Å². The molecule has 1 unspecified atom stereocenters. The minimum absolute atomic E-state index is 0.0350. The van der Waals surface area contributed by atoms with Gasteiger partial charge in [-0.15, -0.1) is 0 Å². The third-order valence-electron chi connectivity index (χ3n) is 4.43. The Balaban J connectivity index is 1.64. The predicted molar refractivity (Wildman–Crippen MR) is 91.2 cm³/mol. The SMILES string of the molecule is O=C(O)C1CCCN(C(=O)CCn2ccc3ccc(Br)cc32)C1. The molecule has 1 aliphatic heterocycles. The molecule has 1 aromatic heterocycles. The molecule has 0 saturated carbocycles. The highest BCUT2D eigenvalue weighted by molar-refractivity contribution is 9.10. The van der Waals surface area contributed by atoms with Gasteiger partial charge in [0.25, 0.3) is 0 Å². The Kier molecular flexibility index (Phi) is 4.71. The van der Waals surface area contributed by atoms with E-state index in [2.05, 4.69) is 20.5 Å². The number of carboxylic acid groups (broad SMARTS) is 1. The minimum atomic E-state index is -0.802. The predicted octanol–water partition coefficient (Wildman–Crippen LogP) is 3.12. The van der Waals surface area contributed by atoms with Gasteiger partial charge in [-0.1, -0.05) is 22.0 Å². The van der Waals surface area contributed by atoms with Crippen LogP contribution in [0.15, 0.2) is 34.9 Å². The number of aliphatic carboxylic acids is 1. The highest BCUT2D eigenvalue weighted by Gasteiger charge is 2.27. The lowest BCUT2D eigenvalue weighted by Gasteiger charge is -2.30. The summed E-state index contributed by atoms with van der Waals surface area (Å²) in [6, 6.07) is 8.12. The van der Waals surface area contributed by atoms with Crippen molar-refractivity contribution in [2.45, 2.75) is 25.8 Å². The molecule has 122 valence electrons. The zero-order valence-corrected chi connectivity index (χ0v) is 14.3. The zero-order chi connectivity index (χ0) is 16.4. The molecular weight excluding hydrogens is 360 g/mol. The van der Waals surface area contributed by atoms with Crippen LogP contribution in [-0.2, 0) is 16.1 Å². The molecule has 23 heavy (non-hydrogen) atoms. The van der Waals surface area contributed by atoms with Gasteiger partial charge in [0.15, 0.2) is 0 Å². The molecule has 1 atom stereocenters. The van der Waals surface area contributed by atoms with Gasteiger partial charge >= 0.3 is 5.97 Å². The second-order valence-corrected chi connectivity index (χ2v) is 6.90. The fourth-order valence-electron chi connectivity index (χ4n) is 3.13. The molecule has 3 rings (SSSR count). The molecular formula is C17H19BrN2O3. The fourth-order valence-corrected chi connectivity index (χ4v) is 3.48. The number of hydrogen-bond acceptors (Lipinski definition) is 2. The highest BCUT2D eigenvalue weighted by atomic mass is 79.9. The molecule has 1 saturated heterocycles. The number of hydrogen-bond donors (Lipinski definition) is 1. The molecule has 5 nitrogen and oxygen atoms in total. The maximum Gasteiger partial charge on any atom is 0.308 e. The molecule has 1 fully saturated rings. The number of likely N-dealkylation sites (tertiary alicyclic amines) is 1. The topological polar surface area (TPSA) is 62.5 Å². The van der Waals surface area contributed by atoms with Gasteiger partial charge in [0.1, 0.15) is 0 Å². The number of carboxylic acids is 1. The summed E-state index contributed by atoms with van der Waals surface area (Å²) in [6.45, 7) is 1.61. The van der Waals surface area contributed by atoms with Gasteiger partial charge in [0, 0.05) is 42.2 Å². The number of halogens is 1. The van der Waals surface area contributed by atoms with E-state index < -0.39 is 11.9 Å². The van der Waals surface area contributed by atoms with Gasteiger partial charge in [-0.3, -0.25) is 9.59 Å². The first-order chi connectivity index (χ1) is 11.0. The van der Waals surface area contributed by atoms with E-state index in [1.807, 2.05) is 30.5 Å². The van der Waals surface area contributed by atoms with Crippen LogP contribution in [0, 0.1) is 5.92 Å². The van der Waals surface area contributed by atoms with E-state index in [-0.39, 0.29) is 5.91 Å². The molecule has 0 radical (unpaired) electrons. The van der Waals surface area contributed by atoms with Crippen molar-refractivity contribution in [3.8, 4) is 0 Å². The van der Waals surface area contributed by atoms with E-state index in [1.54, 1.807) is 4.90 Å². The highest BCUT2D eigenvalue weighted by Crippen LogP contribution is 2.22. The van der Waals surface area contributed by atoms with Crippen molar-refractivity contribution in [3.63, 3.8) is 0 Å². The van der Waals surface area contributed by atoms with Crippen LogP contribution in [-0.4, -0.2) is 39.5 Å². The number of benzene rings is 1. The summed E-state index contributed by atoms with van der Waals surface area (Å²) in [5, 5.41) is 10.3. The normalized spacial score (nSPS) is 18.3. The number of nitrogens with zero attached hydrogens (tertiary/aromatic N) is 2. The molecule has 0 spiro atoms. The van der Waals surface area contributed by atoms with Crippen LogP contribution in [0.4, 0.5) is 0 Å². The maximum absolute atomic E-state index is 12.4. The summed E-state index contributed by atoms with van der Waals surface area (Å²) in [5.74, 6) is -1.19. The third-order valence-corrected chi connectivity index (χ3v) is 4.92. The molecule has 1 aromatic carbocycles. The molecule has 0 aliphatic carbocycles. The number of rotatable bonds is 4. The van der Waals surface area contributed by atoms with Crippen LogP contribution >= 0.6 is 15.9 Å². The summed E-state index contributed by atoms with van der Waals surface area (Å²) in [5.41, 5.74) is 1.09. The fraction of sp³-hybridized carbons (Fsp3) is 0.412. The van der Waals surface area contributed by atoms with Gasteiger partial charge in [0.2, 0.25) is 5.91 Å². The lowest BCUT2D eigenvalue weighted by molar-refractivity contribution is -0.145. The second-order valence-electron chi connectivity index (χ2n) is 5.98. The first-order valence-corrected chi connectivity index (χ1v) is 8.59.